The number of aliphatic hydroxyl groups is 2. The highest BCUT2D eigenvalue weighted by atomic mass is 35.5. The van der Waals surface area contributed by atoms with Gasteiger partial charge in [-0.25, -0.2) is 8.78 Å². The van der Waals surface area contributed by atoms with E-state index < -0.39 is 29.5 Å². The Morgan fingerprint density at radius 2 is 2.04 bits per heavy atom. The maximum absolute atomic E-state index is 15.7. The smallest absolute Gasteiger partial charge is 0.195 e. The van der Waals surface area contributed by atoms with E-state index in [0.29, 0.717) is 0 Å². The van der Waals surface area contributed by atoms with Gasteiger partial charge in [0.2, 0.25) is 0 Å². The second-order valence-corrected chi connectivity index (χ2v) is 7.51. The van der Waals surface area contributed by atoms with Crippen LogP contribution in [0.25, 0.3) is 0 Å². The lowest BCUT2D eigenvalue weighted by molar-refractivity contribution is -0.135. The van der Waals surface area contributed by atoms with E-state index in [1.165, 1.54) is 24.4 Å². The predicted molar refractivity (Wildman–Crippen MR) is 97.0 cm³/mol. The van der Waals surface area contributed by atoms with Crippen molar-refractivity contribution < 1.29 is 23.8 Å². The molecule has 2 atom stereocenters. The number of halogens is 4. The summed E-state index contributed by atoms with van der Waals surface area (Å²) in [7, 11) is 0. The van der Waals surface area contributed by atoms with Gasteiger partial charge >= 0.3 is 0 Å². The molecule has 3 rings (SSSR count). The molecule has 2 N–H and O–H groups in total. The van der Waals surface area contributed by atoms with E-state index in [9.17, 15) is 19.4 Å². The molecule has 0 unspecified atom stereocenters. The highest BCUT2D eigenvalue weighted by molar-refractivity contribution is 6.35. The van der Waals surface area contributed by atoms with Gasteiger partial charge < -0.3 is 10.2 Å². The Bertz CT molecular complexity index is 872. The molecule has 27 heavy (non-hydrogen) atoms. The van der Waals surface area contributed by atoms with Crippen LogP contribution < -0.4 is 0 Å². The number of carbonyl (C=O) groups is 1. The van der Waals surface area contributed by atoms with Crippen LogP contribution in [0.3, 0.4) is 0 Å². The van der Waals surface area contributed by atoms with Crippen LogP contribution in [0.2, 0.25) is 10.0 Å². The predicted octanol–water partition coefficient (Wildman–Crippen LogP) is 3.87. The molecule has 8 heteroatoms. The normalized spacial score (nSPS) is 24.5. The highest BCUT2D eigenvalue weighted by Crippen LogP contribution is 2.46. The zero-order valence-corrected chi connectivity index (χ0v) is 15.7. The summed E-state index contributed by atoms with van der Waals surface area (Å²) >= 11 is 11.7. The number of rotatable bonds is 5. The summed E-state index contributed by atoms with van der Waals surface area (Å²) in [6.45, 7) is -0.632. The van der Waals surface area contributed by atoms with E-state index in [2.05, 4.69) is 4.98 Å². The fourth-order valence-corrected chi connectivity index (χ4v) is 3.98. The molecule has 0 radical (unpaired) electrons. The first-order chi connectivity index (χ1) is 12.7. The summed E-state index contributed by atoms with van der Waals surface area (Å²) in [5.74, 6) is -1.42. The Kier molecular flexibility index (Phi) is 5.54. The Morgan fingerprint density at radius 3 is 2.70 bits per heavy atom. The molecule has 1 aliphatic carbocycles. The number of pyridine rings is 1. The first kappa shape index (κ1) is 20.1. The lowest BCUT2D eigenvalue weighted by Gasteiger charge is -2.38. The summed E-state index contributed by atoms with van der Waals surface area (Å²) in [5, 5.41) is 20.2. The zero-order chi connectivity index (χ0) is 19.8. The molecule has 144 valence electrons. The van der Waals surface area contributed by atoms with Gasteiger partial charge in [-0.15, -0.1) is 0 Å². The Hall–Kier alpha value is -1.60. The van der Waals surface area contributed by atoms with Gasteiger partial charge in [0, 0.05) is 33.8 Å². The number of Topliss-reactive ketones (excluding diaryl/α,β-unsaturated/α-hetero) is 1. The van der Waals surface area contributed by atoms with E-state index in [0.717, 1.165) is 6.07 Å². The van der Waals surface area contributed by atoms with E-state index >= 15 is 4.39 Å². The Morgan fingerprint density at radius 1 is 1.30 bits per heavy atom. The topological polar surface area (TPSA) is 70.4 Å². The van der Waals surface area contributed by atoms with Crippen LogP contribution in [0.4, 0.5) is 8.78 Å². The molecule has 0 saturated carbocycles. The van der Waals surface area contributed by atoms with Gasteiger partial charge in [-0.3, -0.25) is 9.78 Å². The first-order valence-corrected chi connectivity index (χ1v) is 9.12. The summed E-state index contributed by atoms with van der Waals surface area (Å²) < 4.78 is 29.7. The van der Waals surface area contributed by atoms with E-state index in [1.54, 1.807) is 0 Å². The molecular formula is C19H17Cl2F2NO3. The van der Waals surface area contributed by atoms with Crippen molar-refractivity contribution in [2.24, 2.45) is 0 Å². The molecule has 1 aliphatic rings. The summed E-state index contributed by atoms with van der Waals surface area (Å²) in [4.78, 5) is 16.7. The average Bonchev–Trinajstić information content (AvgIpc) is 2.64. The third-order valence-electron chi connectivity index (χ3n) is 4.97. The number of hydrogen-bond donors (Lipinski definition) is 2. The average molecular weight is 416 g/mol. The van der Waals surface area contributed by atoms with E-state index in [1.807, 2.05) is 0 Å². The van der Waals surface area contributed by atoms with Crippen molar-refractivity contribution >= 4 is 29.0 Å². The largest absolute Gasteiger partial charge is 0.393 e. The standard InChI is InChI=1S/C19H17Cl2F2NO3/c20-11-8-14(21)12(15(22)9-11)3-4-16(26)19(23)6-5-18(27,10-25)17-13(19)2-1-7-24-17/h1-2,7-9,25,27H,3-6,10H2/t18-,19+/m1/s1. The lowest BCUT2D eigenvalue weighted by atomic mass is 9.72. The molecule has 0 bridgehead atoms. The molecule has 0 spiro atoms. The number of hydrogen-bond acceptors (Lipinski definition) is 4. The summed E-state index contributed by atoms with van der Waals surface area (Å²) in [6.07, 6.45) is 0.510. The van der Waals surface area contributed by atoms with Gasteiger partial charge in [0.05, 0.1) is 12.3 Å². The van der Waals surface area contributed by atoms with Gasteiger partial charge in [-0.05, 0) is 37.5 Å². The number of aromatic nitrogens is 1. The van der Waals surface area contributed by atoms with Crippen LogP contribution >= 0.6 is 23.2 Å². The number of aliphatic hydroxyl groups excluding tert-OH is 1. The van der Waals surface area contributed by atoms with E-state index in [-0.39, 0.29) is 52.5 Å². The third kappa shape index (κ3) is 3.59. The van der Waals surface area contributed by atoms with Crippen molar-refractivity contribution in [3.8, 4) is 0 Å². The monoisotopic (exact) mass is 415 g/mol. The molecular weight excluding hydrogens is 399 g/mol. The highest BCUT2D eigenvalue weighted by Gasteiger charge is 2.51. The maximum atomic E-state index is 15.7. The fraction of sp³-hybridized carbons (Fsp3) is 0.368. The minimum Gasteiger partial charge on any atom is -0.393 e. The van der Waals surface area contributed by atoms with Crippen LogP contribution in [0, 0.1) is 5.82 Å². The lowest BCUT2D eigenvalue weighted by Crippen LogP contribution is -2.45. The minimum absolute atomic E-state index is 0.0506. The number of benzene rings is 1. The quantitative estimate of drug-likeness (QED) is 0.777. The van der Waals surface area contributed by atoms with Gasteiger partial charge in [0.1, 0.15) is 11.4 Å². The Balaban J connectivity index is 1.88. The molecule has 1 aromatic heterocycles. The molecule has 1 aromatic carbocycles. The van der Waals surface area contributed by atoms with Crippen LogP contribution in [0.1, 0.15) is 36.1 Å². The number of nitrogens with zero attached hydrogens (tertiary/aromatic N) is 1. The van der Waals surface area contributed by atoms with Crippen LogP contribution in [-0.2, 0) is 22.5 Å². The van der Waals surface area contributed by atoms with Crippen LogP contribution in [0.15, 0.2) is 30.5 Å². The second kappa shape index (κ2) is 7.43. The van der Waals surface area contributed by atoms with Crippen molar-refractivity contribution in [3.63, 3.8) is 0 Å². The molecule has 0 saturated heterocycles. The van der Waals surface area contributed by atoms with Crippen LogP contribution in [-0.4, -0.2) is 27.6 Å². The van der Waals surface area contributed by atoms with Crippen molar-refractivity contribution in [3.05, 3.63) is 63.1 Å². The Labute approximate surface area is 164 Å². The number of alkyl halides is 1. The van der Waals surface area contributed by atoms with Crippen LogP contribution in [0.5, 0.6) is 0 Å². The molecule has 0 fully saturated rings. The molecule has 0 aliphatic heterocycles. The maximum Gasteiger partial charge on any atom is 0.195 e. The van der Waals surface area contributed by atoms with E-state index in [4.69, 9.17) is 23.2 Å². The van der Waals surface area contributed by atoms with Crippen molar-refractivity contribution in [1.29, 1.82) is 0 Å². The zero-order valence-electron chi connectivity index (χ0n) is 14.2. The second-order valence-electron chi connectivity index (χ2n) is 6.66. The van der Waals surface area contributed by atoms with Crippen molar-refractivity contribution in [2.75, 3.05) is 6.61 Å². The fourth-order valence-electron chi connectivity index (χ4n) is 3.42. The number of carbonyl (C=O) groups excluding carboxylic acids is 1. The molecule has 2 aromatic rings. The SMILES string of the molecule is O=C(CCc1c(F)cc(Cl)cc1Cl)[C@]1(F)CC[C@@](O)(CO)c2ncccc21. The molecule has 4 nitrogen and oxygen atoms in total. The van der Waals surface area contributed by atoms with Crippen molar-refractivity contribution in [1.82, 2.24) is 4.98 Å². The third-order valence-corrected chi connectivity index (χ3v) is 5.53. The minimum atomic E-state index is -2.37. The molecule has 0 amide bonds. The van der Waals surface area contributed by atoms with Gasteiger partial charge in [0.15, 0.2) is 11.5 Å². The number of fused-ring (bicyclic) bond motifs is 1. The van der Waals surface area contributed by atoms with Gasteiger partial charge in [-0.2, -0.15) is 0 Å². The first-order valence-electron chi connectivity index (χ1n) is 8.36. The van der Waals surface area contributed by atoms with Crippen molar-refractivity contribution in [2.45, 2.75) is 37.0 Å². The summed E-state index contributed by atoms with van der Waals surface area (Å²) in [6, 6.07) is 5.27. The van der Waals surface area contributed by atoms with Gasteiger partial charge in [0.25, 0.3) is 0 Å². The summed E-state index contributed by atoms with van der Waals surface area (Å²) in [5.41, 5.74) is -4.10. The van der Waals surface area contributed by atoms with Gasteiger partial charge in [-0.1, -0.05) is 29.3 Å². The number of ketones is 1. The molecule has 1 heterocycles.